The van der Waals surface area contributed by atoms with E-state index in [1.807, 2.05) is 65.4 Å². The fourth-order valence-corrected chi connectivity index (χ4v) is 4.28. The molecule has 0 radical (unpaired) electrons. The number of hydrogen-bond acceptors (Lipinski definition) is 5. The van der Waals surface area contributed by atoms with E-state index in [-0.39, 0.29) is 17.3 Å². The van der Waals surface area contributed by atoms with E-state index in [9.17, 15) is 18.0 Å². The monoisotopic (exact) mass is 462 g/mol. The van der Waals surface area contributed by atoms with Crippen LogP contribution in [0, 0.1) is 0 Å². The van der Waals surface area contributed by atoms with Gasteiger partial charge in [-0.05, 0) is 35.4 Å². The number of benzene rings is 3. The van der Waals surface area contributed by atoms with Gasteiger partial charge in [0, 0.05) is 19.4 Å². The van der Waals surface area contributed by atoms with Crippen LogP contribution < -0.4 is 15.0 Å². The summed E-state index contributed by atoms with van der Waals surface area (Å²) in [5, 5.41) is 8.26. The smallest absolute Gasteiger partial charge is 0.328 e. The van der Waals surface area contributed by atoms with Crippen molar-refractivity contribution in [3.8, 4) is 0 Å². The van der Waals surface area contributed by atoms with Crippen LogP contribution in [0.15, 0.2) is 94.9 Å². The molecule has 1 aliphatic rings. The van der Waals surface area contributed by atoms with Crippen LogP contribution >= 0.6 is 0 Å². The Morgan fingerprint density at radius 3 is 2.18 bits per heavy atom. The largest absolute Gasteiger partial charge is 0.333 e. The maximum atomic E-state index is 12.6. The van der Waals surface area contributed by atoms with Gasteiger partial charge in [-0.1, -0.05) is 60.7 Å². The van der Waals surface area contributed by atoms with Crippen molar-refractivity contribution in [2.45, 2.75) is 24.3 Å². The lowest BCUT2D eigenvalue weighted by Gasteiger charge is -2.24. The molecule has 3 aromatic carbocycles. The number of carbonyl (C=O) groups is 2. The molecule has 0 saturated carbocycles. The van der Waals surface area contributed by atoms with E-state index in [2.05, 4.69) is 10.4 Å². The van der Waals surface area contributed by atoms with Gasteiger partial charge in [-0.15, -0.1) is 0 Å². The number of rotatable bonds is 6. The van der Waals surface area contributed by atoms with E-state index < -0.39 is 16.1 Å². The van der Waals surface area contributed by atoms with E-state index in [1.165, 1.54) is 29.3 Å². The molecule has 0 atom stereocenters. The maximum absolute atomic E-state index is 12.6. The first-order chi connectivity index (χ1) is 15.9. The Labute approximate surface area is 192 Å². The van der Waals surface area contributed by atoms with Crippen molar-refractivity contribution in [2.24, 2.45) is 5.10 Å². The molecule has 4 rings (SSSR count). The summed E-state index contributed by atoms with van der Waals surface area (Å²) in [7, 11) is -4.08. The summed E-state index contributed by atoms with van der Waals surface area (Å²) in [6.45, 7) is 0.194. The highest BCUT2D eigenvalue weighted by molar-refractivity contribution is 7.90. The first-order valence-corrected chi connectivity index (χ1v) is 11.8. The normalized spacial score (nSPS) is 13.9. The molecule has 3 aromatic rings. The number of anilines is 1. The fraction of sp³-hybridized carbons (Fsp3) is 0.125. The van der Waals surface area contributed by atoms with Crippen molar-refractivity contribution in [3.63, 3.8) is 0 Å². The zero-order chi connectivity index (χ0) is 23.3. The fourth-order valence-electron chi connectivity index (χ4n) is 3.35. The van der Waals surface area contributed by atoms with Gasteiger partial charge in [0.25, 0.3) is 10.0 Å². The highest BCUT2D eigenvalue weighted by atomic mass is 32.2. The van der Waals surface area contributed by atoms with Crippen molar-refractivity contribution in [2.75, 3.05) is 5.01 Å². The molecule has 168 valence electrons. The van der Waals surface area contributed by atoms with Crippen LogP contribution in [-0.2, 0) is 21.4 Å². The lowest BCUT2D eigenvalue weighted by Crippen LogP contribution is -2.39. The number of hydrazone groups is 1. The molecule has 3 amide bonds. The minimum absolute atomic E-state index is 0.0992. The summed E-state index contributed by atoms with van der Waals surface area (Å²) < 4.78 is 27.1. The molecular formula is C24H22N4O4S. The number of carbonyl (C=O) groups excluding carboxylic acids is 2. The van der Waals surface area contributed by atoms with E-state index in [0.717, 1.165) is 16.8 Å². The molecule has 0 bridgehead atoms. The van der Waals surface area contributed by atoms with Crippen molar-refractivity contribution in [3.05, 3.63) is 96.1 Å². The third-order valence-electron chi connectivity index (χ3n) is 5.05. The van der Waals surface area contributed by atoms with Gasteiger partial charge in [-0.25, -0.2) is 22.9 Å². The number of amides is 3. The molecule has 9 heteroatoms. The Kier molecular flexibility index (Phi) is 6.50. The first kappa shape index (κ1) is 22.2. The van der Waals surface area contributed by atoms with Crippen molar-refractivity contribution in [1.29, 1.82) is 0 Å². The number of sulfonamides is 1. The lowest BCUT2D eigenvalue weighted by molar-refractivity contribution is -0.118. The summed E-state index contributed by atoms with van der Waals surface area (Å²) in [5.74, 6) is -0.177. The molecule has 1 heterocycles. The summed E-state index contributed by atoms with van der Waals surface area (Å²) in [6.07, 6.45) is 0.838. The Balaban J connectivity index is 1.45. The van der Waals surface area contributed by atoms with Crippen LogP contribution in [0.4, 0.5) is 10.5 Å². The molecule has 1 aliphatic heterocycles. The SMILES string of the molecule is O=C(NCc1ccccc1)NS(=O)(=O)c1ccc(N2N=C(c3ccccc3)CCC2=O)cc1. The Hall–Kier alpha value is -3.98. The highest BCUT2D eigenvalue weighted by Gasteiger charge is 2.24. The van der Waals surface area contributed by atoms with Crippen molar-refractivity contribution in [1.82, 2.24) is 10.0 Å². The van der Waals surface area contributed by atoms with E-state index >= 15 is 0 Å². The predicted octanol–water partition coefficient (Wildman–Crippen LogP) is 3.41. The molecule has 0 aliphatic carbocycles. The van der Waals surface area contributed by atoms with Gasteiger partial charge in [-0.2, -0.15) is 5.10 Å². The number of nitrogens with one attached hydrogen (secondary N) is 2. The summed E-state index contributed by atoms with van der Waals surface area (Å²) in [5.41, 5.74) is 3.00. The molecule has 0 spiro atoms. The molecule has 0 aromatic heterocycles. The Bertz CT molecular complexity index is 1280. The quantitative estimate of drug-likeness (QED) is 0.585. The van der Waals surface area contributed by atoms with Crippen LogP contribution in [0.25, 0.3) is 0 Å². The summed E-state index contributed by atoms with van der Waals surface area (Å²) in [4.78, 5) is 24.4. The van der Waals surface area contributed by atoms with Gasteiger partial charge < -0.3 is 5.32 Å². The average Bonchev–Trinajstić information content (AvgIpc) is 2.84. The van der Waals surface area contributed by atoms with Gasteiger partial charge in [0.05, 0.1) is 16.3 Å². The molecule has 0 unspecified atom stereocenters. The standard InChI is InChI=1S/C24H22N4O4S/c29-23-16-15-22(19-9-5-2-6-10-19)26-28(23)20-11-13-21(14-12-20)33(31,32)27-24(30)25-17-18-7-3-1-4-8-18/h1-14H,15-17H2,(H2,25,27,30). The topological polar surface area (TPSA) is 108 Å². The highest BCUT2D eigenvalue weighted by Crippen LogP contribution is 2.24. The molecule has 33 heavy (non-hydrogen) atoms. The van der Waals surface area contributed by atoms with Crippen LogP contribution in [0.2, 0.25) is 0 Å². The summed E-state index contributed by atoms with van der Waals surface area (Å²) >= 11 is 0. The van der Waals surface area contributed by atoms with Gasteiger partial charge in [0.2, 0.25) is 5.91 Å². The third-order valence-corrected chi connectivity index (χ3v) is 6.40. The second kappa shape index (κ2) is 9.66. The van der Waals surface area contributed by atoms with Gasteiger partial charge in [-0.3, -0.25) is 4.79 Å². The summed E-state index contributed by atoms with van der Waals surface area (Å²) in [6, 6.07) is 23.5. The molecular weight excluding hydrogens is 440 g/mol. The zero-order valence-electron chi connectivity index (χ0n) is 17.6. The van der Waals surface area contributed by atoms with E-state index in [1.54, 1.807) is 0 Å². The number of nitrogens with zero attached hydrogens (tertiary/aromatic N) is 2. The lowest BCUT2D eigenvalue weighted by atomic mass is 10.0. The minimum Gasteiger partial charge on any atom is -0.333 e. The first-order valence-electron chi connectivity index (χ1n) is 10.3. The van der Waals surface area contributed by atoms with Crippen molar-refractivity contribution >= 4 is 33.4 Å². The van der Waals surface area contributed by atoms with Crippen LogP contribution in [0.1, 0.15) is 24.0 Å². The number of urea groups is 1. The molecule has 0 fully saturated rings. The van der Waals surface area contributed by atoms with Crippen LogP contribution in [0.5, 0.6) is 0 Å². The Morgan fingerprint density at radius 2 is 1.52 bits per heavy atom. The molecule has 0 saturated heterocycles. The maximum Gasteiger partial charge on any atom is 0.328 e. The average molecular weight is 463 g/mol. The Morgan fingerprint density at radius 1 is 0.879 bits per heavy atom. The van der Waals surface area contributed by atoms with Crippen LogP contribution in [-0.4, -0.2) is 26.1 Å². The second-order valence-electron chi connectivity index (χ2n) is 7.39. The van der Waals surface area contributed by atoms with Crippen LogP contribution in [0.3, 0.4) is 0 Å². The number of hydrogen-bond donors (Lipinski definition) is 2. The molecule has 8 nitrogen and oxygen atoms in total. The molecule has 2 N–H and O–H groups in total. The van der Waals surface area contributed by atoms with Gasteiger partial charge >= 0.3 is 6.03 Å². The zero-order valence-corrected chi connectivity index (χ0v) is 18.5. The van der Waals surface area contributed by atoms with E-state index in [0.29, 0.717) is 18.5 Å². The van der Waals surface area contributed by atoms with Crippen molar-refractivity contribution < 1.29 is 18.0 Å². The van der Waals surface area contributed by atoms with E-state index in [4.69, 9.17) is 0 Å². The van der Waals surface area contributed by atoms with Gasteiger partial charge in [0.1, 0.15) is 0 Å². The second-order valence-corrected chi connectivity index (χ2v) is 9.07. The third kappa shape index (κ3) is 5.45. The minimum atomic E-state index is -4.08. The predicted molar refractivity (Wildman–Crippen MR) is 125 cm³/mol. The van der Waals surface area contributed by atoms with Gasteiger partial charge in [0.15, 0.2) is 0 Å².